The molecule has 96 valence electrons. The summed E-state index contributed by atoms with van der Waals surface area (Å²) in [7, 11) is 0. The number of hydrogen-bond donors (Lipinski definition) is 0. The van der Waals surface area contributed by atoms with Crippen molar-refractivity contribution >= 4 is 0 Å². The largest absolute Gasteiger partial charge is 0.294 e. The van der Waals surface area contributed by atoms with Crippen molar-refractivity contribution in [1.82, 2.24) is 4.90 Å². The highest BCUT2D eigenvalue weighted by Gasteiger charge is 2.48. The van der Waals surface area contributed by atoms with Crippen LogP contribution < -0.4 is 0 Å². The Morgan fingerprint density at radius 3 is 2.06 bits per heavy atom. The van der Waals surface area contributed by atoms with Crippen molar-refractivity contribution in [2.24, 2.45) is 0 Å². The zero-order valence-electron chi connectivity index (χ0n) is 11.6. The maximum Gasteiger partial charge on any atom is 0.0462 e. The molecule has 1 aromatic rings. The molecular weight excluding hydrogens is 218 g/mol. The third-order valence-electron chi connectivity index (χ3n) is 3.90. The van der Waals surface area contributed by atoms with Crippen LogP contribution in [0.3, 0.4) is 0 Å². The first-order valence-electron chi connectivity index (χ1n) is 7.09. The van der Waals surface area contributed by atoms with Crippen molar-refractivity contribution < 1.29 is 0 Å². The van der Waals surface area contributed by atoms with Crippen LogP contribution in [0.15, 0.2) is 24.3 Å². The van der Waals surface area contributed by atoms with Crippen LogP contribution in [0.25, 0.3) is 0 Å². The summed E-state index contributed by atoms with van der Waals surface area (Å²) >= 11 is 0. The second kappa shape index (κ2) is 5.59. The van der Waals surface area contributed by atoms with Gasteiger partial charge >= 0.3 is 0 Å². The van der Waals surface area contributed by atoms with Crippen molar-refractivity contribution in [3.63, 3.8) is 0 Å². The maximum absolute atomic E-state index is 5.42. The smallest absolute Gasteiger partial charge is 0.0462 e. The van der Waals surface area contributed by atoms with Gasteiger partial charge in [0.05, 0.1) is 0 Å². The van der Waals surface area contributed by atoms with Gasteiger partial charge < -0.3 is 0 Å². The van der Waals surface area contributed by atoms with Crippen LogP contribution in [0.2, 0.25) is 0 Å². The lowest BCUT2D eigenvalue weighted by Crippen LogP contribution is -2.36. The third-order valence-corrected chi connectivity index (χ3v) is 3.90. The Labute approximate surface area is 111 Å². The van der Waals surface area contributed by atoms with Gasteiger partial charge in [-0.05, 0) is 56.5 Å². The molecule has 1 fully saturated rings. The molecule has 1 nitrogen and oxygen atoms in total. The van der Waals surface area contributed by atoms with E-state index in [0.29, 0.717) is 5.54 Å². The van der Waals surface area contributed by atoms with E-state index in [1.807, 2.05) is 0 Å². The van der Waals surface area contributed by atoms with Crippen LogP contribution in [0.1, 0.15) is 50.7 Å². The molecule has 2 rings (SSSR count). The van der Waals surface area contributed by atoms with Gasteiger partial charge in [-0.3, -0.25) is 4.90 Å². The molecule has 0 unspecified atom stereocenters. The molecule has 0 N–H and O–H groups in total. The molecule has 0 radical (unpaired) electrons. The molecule has 0 atom stereocenters. The molecule has 18 heavy (non-hydrogen) atoms. The van der Waals surface area contributed by atoms with Gasteiger partial charge in [-0.25, -0.2) is 0 Å². The Morgan fingerprint density at radius 2 is 1.67 bits per heavy atom. The van der Waals surface area contributed by atoms with Gasteiger partial charge in [-0.15, -0.1) is 6.42 Å². The fourth-order valence-electron chi connectivity index (χ4n) is 2.86. The summed E-state index contributed by atoms with van der Waals surface area (Å²) in [6.45, 7) is 6.93. The Hall–Kier alpha value is -1.26. The Morgan fingerprint density at radius 1 is 1.11 bits per heavy atom. The number of terminal acetylenes is 1. The average molecular weight is 241 g/mol. The lowest BCUT2D eigenvalue weighted by Gasteiger charge is -2.32. The molecule has 0 aromatic heterocycles. The topological polar surface area (TPSA) is 3.24 Å². The van der Waals surface area contributed by atoms with E-state index in [1.54, 1.807) is 0 Å². The van der Waals surface area contributed by atoms with Crippen LogP contribution in [-0.4, -0.2) is 18.0 Å². The van der Waals surface area contributed by atoms with Crippen LogP contribution in [-0.2, 0) is 5.54 Å². The van der Waals surface area contributed by atoms with Crippen molar-refractivity contribution in [3.8, 4) is 12.3 Å². The molecule has 0 bridgehead atoms. The van der Waals surface area contributed by atoms with Gasteiger partial charge in [0.2, 0.25) is 0 Å². The van der Waals surface area contributed by atoms with Crippen LogP contribution >= 0.6 is 0 Å². The summed E-state index contributed by atoms with van der Waals surface area (Å²) in [5, 5.41) is 0. The minimum Gasteiger partial charge on any atom is -0.294 e. The highest BCUT2D eigenvalue weighted by atomic mass is 15.2. The minimum atomic E-state index is 0.319. The summed E-state index contributed by atoms with van der Waals surface area (Å²) in [6, 6.07) is 8.60. The Bertz CT molecular complexity index is 414. The lowest BCUT2D eigenvalue weighted by molar-refractivity contribution is 0.176. The quantitative estimate of drug-likeness (QED) is 0.685. The van der Waals surface area contributed by atoms with Crippen molar-refractivity contribution in [3.05, 3.63) is 35.4 Å². The molecule has 0 spiro atoms. The monoisotopic (exact) mass is 241 g/mol. The summed E-state index contributed by atoms with van der Waals surface area (Å²) in [5.41, 5.74) is 2.74. The molecular formula is C17H23N. The van der Waals surface area contributed by atoms with Gasteiger partial charge in [0, 0.05) is 11.1 Å². The molecule has 0 amide bonds. The summed E-state index contributed by atoms with van der Waals surface area (Å²) in [5.74, 6) is 2.69. The first kappa shape index (κ1) is 13.2. The van der Waals surface area contributed by atoms with Crippen LogP contribution in [0.4, 0.5) is 0 Å². The molecule has 0 heterocycles. The van der Waals surface area contributed by atoms with Crippen LogP contribution in [0.5, 0.6) is 0 Å². The number of hydrogen-bond acceptors (Lipinski definition) is 1. The normalized spacial score (nSPS) is 16.6. The second-order valence-corrected chi connectivity index (χ2v) is 5.24. The zero-order valence-corrected chi connectivity index (χ0v) is 11.6. The van der Waals surface area contributed by atoms with E-state index in [0.717, 1.165) is 5.56 Å². The number of nitrogens with zero attached hydrogens (tertiary/aromatic N) is 1. The predicted octanol–water partition coefficient (Wildman–Crippen LogP) is 3.78. The minimum absolute atomic E-state index is 0.319. The average Bonchev–Trinajstić information content (AvgIpc) is 3.20. The van der Waals surface area contributed by atoms with Gasteiger partial charge in [-0.1, -0.05) is 31.9 Å². The lowest BCUT2D eigenvalue weighted by atomic mass is 10.0. The van der Waals surface area contributed by atoms with E-state index in [1.165, 1.54) is 44.3 Å². The van der Waals surface area contributed by atoms with E-state index >= 15 is 0 Å². The van der Waals surface area contributed by atoms with Gasteiger partial charge in [0.1, 0.15) is 0 Å². The Balaban J connectivity index is 2.20. The summed E-state index contributed by atoms with van der Waals surface area (Å²) < 4.78 is 0. The Kier molecular flexibility index (Phi) is 4.09. The third kappa shape index (κ3) is 2.44. The highest BCUT2D eigenvalue weighted by Crippen LogP contribution is 2.51. The van der Waals surface area contributed by atoms with Gasteiger partial charge in [0.15, 0.2) is 0 Å². The molecule has 0 aliphatic heterocycles. The van der Waals surface area contributed by atoms with Crippen LogP contribution in [0, 0.1) is 12.3 Å². The molecule has 1 heteroatoms. The fourth-order valence-corrected chi connectivity index (χ4v) is 2.86. The molecule has 1 aromatic carbocycles. The van der Waals surface area contributed by atoms with E-state index in [-0.39, 0.29) is 0 Å². The predicted molar refractivity (Wildman–Crippen MR) is 77.4 cm³/mol. The molecule has 1 aliphatic rings. The van der Waals surface area contributed by atoms with Crippen molar-refractivity contribution in [2.75, 3.05) is 13.1 Å². The maximum atomic E-state index is 5.42. The molecule has 1 aliphatic carbocycles. The highest BCUT2D eigenvalue weighted by molar-refractivity contribution is 5.38. The summed E-state index contributed by atoms with van der Waals surface area (Å²) in [6.07, 6.45) is 10.5. The fraction of sp³-hybridized carbons (Fsp3) is 0.529. The van der Waals surface area contributed by atoms with E-state index in [9.17, 15) is 0 Å². The van der Waals surface area contributed by atoms with Gasteiger partial charge in [-0.2, -0.15) is 0 Å². The van der Waals surface area contributed by atoms with Gasteiger partial charge in [0.25, 0.3) is 0 Å². The second-order valence-electron chi connectivity index (χ2n) is 5.24. The first-order chi connectivity index (χ1) is 8.76. The standard InChI is InChI=1S/C17H23N/c1-4-13-18(14-5-2)17(11-12-17)16-9-7-15(6-3)8-10-16/h3,7-10H,4-5,11-14H2,1-2H3. The number of benzene rings is 1. The molecule has 0 saturated heterocycles. The zero-order chi connectivity index (χ0) is 13.0. The van der Waals surface area contributed by atoms with E-state index in [2.05, 4.69) is 48.9 Å². The summed E-state index contributed by atoms with van der Waals surface area (Å²) in [4.78, 5) is 2.66. The van der Waals surface area contributed by atoms with Crippen molar-refractivity contribution in [2.45, 2.75) is 45.1 Å². The SMILES string of the molecule is C#Cc1ccc(C2(N(CCC)CCC)CC2)cc1. The van der Waals surface area contributed by atoms with E-state index in [4.69, 9.17) is 6.42 Å². The molecule has 1 saturated carbocycles. The first-order valence-corrected chi connectivity index (χ1v) is 7.09. The van der Waals surface area contributed by atoms with Crippen molar-refractivity contribution in [1.29, 1.82) is 0 Å². The number of rotatable bonds is 6. The van der Waals surface area contributed by atoms with E-state index < -0.39 is 0 Å².